The van der Waals surface area contributed by atoms with E-state index in [0.717, 1.165) is 13.2 Å². The lowest BCUT2D eigenvalue weighted by atomic mass is 9.89. The molecule has 0 aromatic rings. The van der Waals surface area contributed by atoms with E-state index in [1.807, 2.05) is 0 Å². The second kappa shape index (κ2) is 4.45. The smallest absolute Gasteiger partial charge is 0.332 e. The Morgan fingerprint density at radius 3 is 2.88 bits per heavy atom. The van der Waals surface area contributed by atoms with Gasteiger partial charge in [-0.1, -0.05) is 11.2 Å². The third-order valence-electron chi connectivity index (χ3n) is 2.07. The molecule has 0 radical (unpaired) electrons. The van der Waals surface area contributed by atoms with Gasteiger partial charge in [-0.3, -0.25) is 9.79 Å². The van der Waals surface area contributed by atoms with E-state index in [0.29, 0.717) is 0 Å². The van der Waals surface area contributed by atoms with Gasteiger partial charge in [-0.15, -0.1) is 0 Å². The van der Waals surface area contributed by atoms with Gasteiger partial charge in [-0.2, -0.15) is 0 Å². The number of hydrogen-bond donors (Lipinski definition) is 1. The Hall–Kier alpha value is -2.34. The fourth-order valence-electron chi connectivity index (χ4n) is 1.28. The molecule has 0 aromatic heterocycles. The van der Waals surface area contributed by atoms with Crippen molar-refractivity contribution in [2.45, 2.75) is 11.6 Å². The molecule has 0 bridgehead atoms. The number of rotatable bonds is 3. The zero-order valence-electron chi connectivity index (χ0n) is 8.27. The van der Waals surface area contributed by atoms with Gasteiger partial charge in [0, 0.05) is 11.1 Å². The number of carbonyl (C=O) groups is 2. The van der Waals surface area contributed by atoms with Crippen LogP contribution >= 0.6 is 0 Å². The molecule has 16 heavy (non-hydrogen) atoms. The Balaban J connectivity index is 3.28. The number of esters is 1. The van der Waals surface area contributed by atoms with E-state index < -0.39 is 23.5 Å². The molecule has 1 aliphatic heterocycles. The van der Waals surface area contributed by atoms with Gasteiger partial charge in [0.25, 0.3) is 0 Å². The zero-order chi connectivity index (χ0) is 12.2. The maximum absolute atomic E-state index is 11.3. The van der Waals surface area contributed by atoms with E-state index in [2.05, 4.69) is 19.8 Å². The number of aliphatic carboxylic acids is 1. The minimum atomic E-state index is -2.06. The van der Waals surface area contributed by atoms with Crippen molar-refractivity contribution < 1.29 is 19.4 Å². The molecule has 0 amide bonds. The van der Waals surface area contributed by atoms with E-state index in [9.17, 15) is 9.59 Å². The van der Waals surface area contributed by atoms with Crippen LogP contribution in [0, 0.1) is 0 Å². The highest BCUT2D eigenvalue weighted by Crippen LogP contribution is 2.25. The molecule has 1 rings (SSSR count). The molecule has 1 heterocycles. The van der Waals surface area contributed by atoms with Crippen LogP contribution < -0.4 is 0 Å². The van der Waals surface area contributed by atoms with E-state index in [4.69, 9.17) is 10.6 Å². The molecule has 0 aromatic carbocycles. The van der Waals surface area contributed by atoms with E-state index in [1.165, 1.54) is 12.3 Å². The van der Waals surface area contributed by atoms with Gasteiger partial charge < -0.3 is 9.84 Å². The first-order chi connectivity index (χ1) is 7.58. The van der Waals surface area contributed by atoms with Crippen LogP contribution in [0.25, 0.3) is 10.4 Å². The fraction of sp³-hybridized carbons (Fsp3) is 0.375. The molecule has 0 fully saturated rings. The number of hydrogen-bond acceptors (Lipinski definition) is 5. The molecule has 2 unspecified atom stereocenters. The monoisotopic (exact) mass is 224 g/mol. The largest absolute Gasteiger partial charge is 0.480 e. The van der Waals surface area contributed by atoms with E-state index in [1.54, 1.807) is 0 Å². The van der Waals surface area contributed by atoms with E-state index in [-0.39, 0.29) is 0 Å². The summed E-state index contributed by atoms with van der Waals surface area (Å²) in [5.74, 6) is -2.34. The summed E-state index contributed by atoms with van der Waals surface area (Å²) in [6, 6.07) is -1.41. The highest BCUT2D eigenvalue weighted by atomic mass is 16.5. The average Bonchev–Trinajstić information content (AvgIpc) is 2.29. The van der Waals surface area contributed by atoms with Crippen LogP contribution in [0.3, 0.4) is 0 Å². The second-order valence-corrected chi connectivity index (χ2v) is 2.90. The number of nitrogens with zero attached hydrogens (tertiary/aromatic N) is 4. The van der Waals surface area contributed by atoms with Gasteiger partial charge in [0.15, 0.2) is 11.6 Å². The average molecular weight is 224 g/mol. The summed E-state index contributed by atoms with van der Waals surface area (Å²) < 4.78 is 4.41. The minimum Gasteiger partial charge on any atom is -0.480 e. The molecule has 1 N–H and O–H groups in total. The number of allylic oxidation sites excluding steroid dienone is 1. The van der Waals surface area contributed by atoms with Crippen molar-refractivity contribution in [2.24, 2.45) is 10.1 Å². The molecule has 0 aliphatic carbocycles. The van der Waals surface area contributed by atoms with Crippen LogP contribution in [0.4, 0.5) is 0 Å². The van der Waals surface area contributed by atoms with Crippen LogP contribution in [-0.4, -0.2) is 42.0 Å². The molecule has 84 valence electrons. The number of aliphatic imine (C=N–C) groups is 1. The summed E-state index contributed by atoms with van der Waals surface area (Å²) in [5.41, 5.74) is 6.30. The lowest BCUT2D eigenvalue weighted by Gasteiger charge is -2.27. The first-order valence-corrected chi connectivity index (χ1v) is 4.17. The fourth-order valence-corrected chi connectivity index (χ4v) is 1.28. The molecule has 8 nitrogen and oxygen atoms in total. The third-order valence-corrected chi connectivity index (χ3v) is 2.07. The Labute approximate surface area is 89.9 Å². The predicted octanol–water partition coefficient (Wildman–Crippen LogP) is 0.302. The number of carboxylic acids is 1. The van der Waals surface area contributed by atoms with Crippen LogP contribution in [0.1, 0.15) is 0 Å². The Bertz CT molecular complexity index is 420. The van der Waals surface area contributed by atoms with Gasteiger partial charge in [0.05, 0.1) is 7.11 Å². The van der Waals surface area contributed by atoms with Crippen molar-refractivity contribution in [1.29, 1.82) is 0 Å². The molecule has 0 saturated heterocycles. The summed E-state index contributed by atoms with van der Waals surface area (Å²) in [5, 5.41) is 12.2. The number of azide groups is 1. The Kier molecular flexibility index (Phi) is 3.27. The van der Waals surface area contributed by atoms with E-state index >= 15 is 0 Å². The second-order valence-electron chi connectivity index (χ2n) is 2.90. The summed E-state index contributed by atoms with van der Waals surface area (Å²) in [7, 11) is 1.10. The molecule has 0 saturated carbocycles. The van der Waals surface area contributed by atoms with Crippen molar-refractivity contribution in [3.63, 3.8) is 0 Å². The summed E-state index contributed by atoms with van der Waals surface area (Å²) in [6.45, 7) is 0. The Morgan fingerprint density at radius 1 is 1.69 bits per heavy atom. The molecule has 1 aliphatic rings. The van der Waals surface area contributed by atoms with Gasteiger partial charge >= 0.3 is 11.9 Å². The summed E-state index contributed by atoms with van der Waals surface area (Å²) in [4.78, 5) is 28.5. The molecular weight excluding hydrogens is 216 g/mol. The van der Waals surface area contributed by atoms with Crippen LogP contribution in [0.5, 0.6) is 0 Å². The van der Waals surface area contributed by atoms with Crippen LogP contribution in [-0.2, 0) is 14.3 Å². The first kappa shape index (κ1) is 11.7. The quantitative estimate of drug-likeness (QED) is 0.320. The SMILES string of the molecule is COC(=O)C1N=CC=CC1(N=[N+]=[N-])C(=O)O. The summed E-state index contributed by atoms with van der Waals surface area (Å²) in [6.07, 6.45) is 3.64. The minimum absolute atomic E-state index is 0.879. The highest BCUT2D eigenvalue weighted by molar-refractivity contribution is 5.96. The molecule has 0 spiro atoms. The lowest BCUT2D eigenvalue weighted by Crippen LogP contribution is -2.50. The first-order valence-electron chi connectivity index (χ1n) is 4.17. The van der Waals surface area contributed by atoms with Gasteiger partial charge in [0.2, 0.25) is 0 Å². The maximum Gasteiger partial charge on any atom is 0.332 e. The highest BCUT2D eigenvalue weighted by Gasteiger charge is 2.49. The zero-order valence-corrected chi connectivity index (χ0v) is 8.27. The number of methoxy groups -OCH3 is 1. The maximum atomic E-state index is 11.3. The van der Waals surface area contributed by atoms with Crippen molar-refractivity contribution in [3.8, 4) is 0 Å². The number of dihydropyridines is 1. The van der Waals surface area contributed by atoms with Crippen molar-refractivity contribution in [3.05, 3.63) is 22.6 Å². The molecular formula is C8H8N4O4. The summed E-state index contributed by atoms with van der Waals surface area (Å²) >= 11 is 0. The van der Waals surface area contributed by atoms with Crippen LogP contribution in [0.2, 0.25) is 0 Å². The third kappa shape index (κ3) is 1.73. The standard InChI is InChI=1S/C8H8N4O4/c1-16-6(13)5-8(7(14)15,11-12-9)3-2-4-10-5/h2-5H,1H3,(H,14,15). The topological polar surface area (TPSA) is 125 Å². The van der Waals surface area contributed by atoms with Crippen molar-refractivity contribution >= 4 is 18.2 Å². The normalized spacial score (nSPS) is 26.9. The Morgan fingerprint density at radius 2 is 2.38 bits per heavy atom. The van der Waals surface area contributed by atoms with Gasteiger partial charge in [0.1, 0.15) is 0 Å². The van der Waals surface area contributed by atoms with Crippen LogP contribution in [0.15, 0.2) is 22.3 Å². The van der Waals surface area contributed by atoms with Crippen molar-refractivity contribution in [1.82, 2.24) is 0 Å². The number of ether oxygens (including phenoxy) is 1. The molecule has 8 heteroatoms. The molecule has 2 atom stereocenters. The predicted molar refractivity (Wildman–Crippen MR) is 52.9 cm³/mol. The van der Waals surface area contributed by atoms with Crippen molar-refractivity contribution in [2.75, 3.05) is 7.11 Å². The number of carbonyl (C=O) groups excluding carboxylic acids is 1. The number of carboxylic acid groups (broad SMARTS) is 1. The lowest BCUT2D eigenvalue weighted by molar-refractivity contribution is -0.151. The van der Waals surface area contributed by atoms with Gasteiger partial charge in [-0.25, -0.2) is 4.79 Å². The van der Waals surface area contributed by atoms with Gasteiger partial charge in [-0.05, 0) is 11.6 Å².